The monoisotopic (exact) mass is 386 g/mol. The fourth-order valence-corrected chi connectivity index (χ4v) is 3.41. The van der Waals surface area contributed by atoms with E-state index < -0.39 is 11.7 Å². The van der Waals surface area contributed by atoms with Crippen molar-refractivity contribution in [2.45, 2.75) is 11.3 Å². The molecule has 1 amide bonds. The first kappa shape index (κ1) is 18.5. The van der Waals surface area contributed by atoms with Gasteiger partial charge in [-0.3, -0.25) is 4.79 Å². The molecule has 140 valence electrons. The van der Waals surface area contributed by atoms with E-state index in [9.17, 15) is 18.0 Å². The summed E-state index contributed by atoms with van der Waals surface area (Å²) in [6.07, 6.45) is -4.36. The van der Waals surface area contributed by atoms with Crippen molar-refractivity contribution in [1.29, 1.82) is 0 Å². The summed E-state index contributed by atoms with van der Waals surface area (Å²) in [4.78, 5) is 15.9. The van der Waals surface area contributed by atoms with Crippen molar-refractivity contribution in [2.24, 2.45) is 7.05 Å². The number of halogens is 3. The molecule has 1 aromatic heterocycles. The lowest BCUT2D eigenvalue weighted by molar-refractivity contribution is -0.137. The number of carbonyl (C=O) groups excluding carboxylic acids is 1. The van der Waals surface area contributed by atoms with E-state index in [1.54, 1.807) is 18.0 Å². The average molecular weight is 386 g/mol. The number of nitrogens with zero attached hydrogens (tertiary/aromatic N) is 6. The van der Waals surface area contributed by atoms with Crippen molar-refractivity contribution >= 4 is 23.4 Å². The molecule has 1 aliphatic rings. The van der Waals surface area contributed by atoms with E-state index in [1.165, 1.54) is 22.5 Å². The molecule has 0 atom stereocenters. The van der Waals surface area contributed by atoms with Gasteiger partial charge in [-0.25, -0.2) is 4.68 Å². The van der Waals surface area contributed by atoms with Gasteiger partial charge in [-0.2, -0.15) is 13.2 Å². The summed E-state index contributed by atoms with van der Waals surface area (Å²) in [5, 5.41) is 11.6. The Hall–Kier alpha value is -2.30. The number of carbonyl (C=O) groups is 1. The molecule has 26 heavy (non-hydrogen) atoms. The lowest BCUT2D eigenvalue weighted by Gasteiger charge is -2.36. The second-order valence-electron chi connectivity index (χ2n) is 5.79. The highest BCUT2D eigenvalue weighted by Gasteiger charge is 2.31. The fraction of sp³-hybridized carbons (Fsp3) is 0.467. The van der Waals surface area contributed by atoms with E-state index in [4.69, 9.17) is 0 Å². The van der Waals surface area contributed by atoms with Crippen LogP contribution in [-0.2, 0) is 18.0 Å². The summed E-state index contributed by atoms with van der Waals surface area (Å²) < 4.78 is 40.0. The largest absolute Gasteiger partial charge is 0.416 e. The zero-order valence-corrected chi connectivity index (χ0v) is 14.8. The number of benzene rings is 1. The van der Waals surface area contributed by atoms with Gasteiger partial charge >= 0.3 is 6.18 Å². The summed E-state index contributed by atoms with van der Waals surface area (Å²) in [6.45, 7) is 1.91. The molecular formula is C15H17F3N6OS. The van der Waals surface area contributed by atoms with Crippen LogP contribution in [0.25, 0.3) is 0 Å². The van der Waals surface area contributed by atoms with E-state index in [0.717, 1.165) is 12.1 Å². The number of aryl methyl sites for hydroxylation is 1. The lowest BCUT2D eigenvalue weighted by Crippen LogP contribution is -2.49. The number of tetrazole rings is 1. The van der Waals surface area contributed by atoms with Crippen LogP contribution in [0.15, 0.2) is 29.4 Å². The van der Waals surface area contributed by atoms with Crippen molar-refractivity contribution in [3.63, 3.8) is 0 Å². The Bertz CT molecular complexity index is 773. The van der Waals surface area contributed by atoms with Crippen molar-refractivity contribution in [2.75, 3.05) is 36.8 Å². The molecular weight excluding hydrogens is 369 g/mol. The molecule has 0 N–H and O–H groups in total. The number of alkyl halides is 3. The van der Waals surface area contributed by atoms with Crippen LogP contribution >= 0.6 is 11.8 Å². The Morgan fingerprint density at radius 2 is 1.96 bits per heavy atom. The molecule has 1 aromatic carbocycles. The van der Waals surface area contributed by atoms with Crippen LogP contribution in [0, 0.1) is 0 Å². The van der Waals surface area contributed by atoms with Gasteiger partial charge in [-0.15, -0.1) is 5.10 Å². The third kappa shape index (κ3) is 4.26. The highest BCUT2D eigenvalue weighted by Crippen LogP contribution is 2.31. The van der Waals surface area contributed by atoms with E-state index in [0.29, 0.717) is 37.0 Å². The van der Waals surface area contributed by atoms with E-state index in [-0.39, 0.29) is 11.7 Å². The number of thioether (sulfide) groups is 1. The Kier molecular flexibility index (Phi) is 5.35. The number of piperazine rings is 1. The molecule has 2 heterocycles. The van der Waals surface area contributed by atoms with Gasteiger partial charge in [0.05, 0.1) is 11.3 Å². The van der Waals surface area contributed by atoms with Gasteiger partial charge in [0.15, 0.2) is 0 Å². The molecule has 0 saturated carbocycles. The van der Waals surface area contributed by atoms with Gasteiger partial charge in [-0.05, 0) is 28.6 Å². The number of rotatable bonds is 4. The van der Waals surface area contributed by atoms with Gasteiger partial charge < -0.3 is 9.80 Å². The van der Waals surface area contributed by atoms with Gasteiger partial charge in [0, 0.05) is 38.9 Å². The summed E-state index contributed by atoms with van der Waals surface area (Å²) in [6, 6.07) is 5.27. The molecule has 7 nitrogen and oxygen atoms in total. The van der Waals surface area contributed by atoms with Crippen LogP contribution in [0.2, 0.25) is 0 Å². The summed E-state index contributed by atoms with van der Waals surface area (Å²) in [7, 11) is 1.70. The van der Waals surface area contributed by atoms with E-state index in [2.05, 4.69) is 15.5 Å². The summed E-state index contributed by atoms with van der Waals surface area (Å²) in [5.74, 6) is 0.180. The normalized spacial score (nSPS) is 15.4. The highest BCUT2D eigenvalue weighted by atomic mass is 32.2. The summed E-state index contributed by atoms with van der Waals surface area (Å²) >= 11 is 1.25. The quantitative estimate of drug-likeness (QED) is 0.745. The second kappa shape index (κ2) is 7.52. The SMILES string of the molecule is Cn1nnnc1SCC(=O)N1CCN(c2cccc(C(F)(F)F)c2)CC1. The van der Waals surface area contributed by atoms with Crippen LogP contribution in [0.1, 0.15) is 5.56 Å². The smallest absolute Gasteiger partial charge is 0.368 e. The van der Waals surface area contributed by atoms with E-state index >= 15 is 0 Å². The maximum Gasteiger partial charge on any atom is 0.416 e. The predicted octanol–water partition coefficient (Wildman–Crippen LogP) is 1.67. The Balaban J connectivity index is 1.54. The third-order valence-corrected chi connectivity index (χ3v) is 5.07. The van der Waals surface area contributed by atoms with Crippen LogP contribution in [-0.4, -0.2) is 62.9 Å². The molecule has 0 radical (unpaired) electrons. The van der Waals surface area contributed by atoms with Crippen molar-refractivity contribution in [3.8, 4) is 0 Å². The molecule has 0 unspecified atom stereocenters. The standard InChI is InChI=1S/C15H17F3N6OS/c1-22-14(19-20-21-22)26-10-13(25)24-7-5-23(6-8-24)12-4-2-3-11(9-12)15(16,17)18/h2-4,9H,5-8,10H2,1H3. The first-order valence-electron chi connectivity index (χ1n) is 7.90. The average Bonchev–Trinajstić information content (AvgIpc) is 3.04. The van der Waals surface area contributed by atoms with Gasteiger partial charge in [0.2, 0.25) is 11.1 Å². The minimum atomic E-state index is -4.36. The van der Waals surface area contributed by atoms with Gasteiger partial charge in [-0.1, -0.05) is 17.8 Å². The topological polar surface area (TPSA) is 67.2 Å². The van der Waals surface area contributed by atoms with Crippen LogP contribution < -0.4 is 4.90 Å². The highest BCUT2D eigenvalue weighted by molar-refractivity contribution is 7.99. The minimum Gasteiger partial charge on any atom is -0.368 e. The molecule has 0 spiro atoms. The molecule has 11 heteroatoms. The molecule has 1 fully saturated rings. The Morgan fingerprint density at radius 1 is 1.23 bits per heavy atom. The van der Waals surface area contributed by atoms with Crippen LogP contribution in [0.5, 0.6) is 0 Å². The number of amides is 1. The maximum atomic E-state index is 12.8. The van der Waals surface area contributed by atoms with Gasteiger partial charge in [0.1, 0.15) is 0 Å². The van der Waals surface area contributed by atoms with Crippen molar-refractivity contribution in [3.05, 3.63) is 29.8 Å². The predicted molar refractivity (Wildman–Crippen MR) is 89.8 cm³/mol. The molecule has 1 aliphatic heterocycles. The van der Waals surface area contributed by atoms with Crippen molar-refractivity contribution < 1.29 is 18.0 Å². The van der Waals surface area contributed by atoms with Crippen LogP contribution in [0.4, 0.5) is 18.9 Å². The van der Waals surface area contributed by atoms with Crippen molar-refractivity contribution in [1.82, 2.24) is 25.1 Å². The molecule has 2 aromatic rings. The number of anilines is 1. The first-order chi connectivity index (χ1) is 12.3. The zero-order chi connectivity index (χ0) is 18.7. The fourth-order valence-electron chi connectivity index (χ4n) is 2.65. The first-order valence-corrected chi connectivity index (χ1v) is 8.88. The van der Waals surface area contributed by atoms with Crippen LogP contribution in [0.3, 0.4) is 0 Å². The number of hydrogen-bond acceptors (Lipinski definition) is 6. The summed E-state index contributed by atoms with van der Waals surface area (Å²) in [5.41, 5.74) is -0.145. The van der Waals surface area contributed by atoms with E-state index in [1.807, 2.05) is 4.90 Å². The zero-order valence-electron chi connectivity index (χ0n) is 14.0. The Morgan fingerprint density at radius 3 is 2.58 bits per heavy atom. The van der Waals surface area contributed by atoms with Gasteiger partial charge in [0.25, 0.3) is 0 Å². The lowest BCUT2D eigenvalue weighted by atomic mass is 10.1. The second-order valence-corrected chi connectivity index (χ2v) is 6.73. The molecule has 0 aliphatic carbocycles. The Labute approximate surface area is 152 Å². The number of aromatic nitrogens is 4. The number of hydrogen-bond donors (Lipinski definition) is 0. The molecule has 0 bridgehead atoms. The third-order valence-electron chi connectivity index (χ3n) is 4.08. The molecule has 1 saturated heterocycles. The maximum absolute atomic E-state index is 12.8. The molecule has 3 rings (SSSR count). The minimum absolute atomic E-state index is 0.0401.